The predicted octanol–water partition coefficient (Wildman–Crippen LogP) is 4.75. The standard InChI is InChI=1S/C25H35N3O/c1-28(2)25(29)27-21-12-10-18(11-13-21)14-15-26-17-20-16-24(20)23-9-5-7-19-6-3-4-8-22(19)23/h3-9,18,20-21,24,26H,10-17H2,1-2H3,(H,27,29)/t18?,20-,21?,24+/m0/s1. The van der Waals surface area contributed by atoms with Crippen LogP contribution in [0.2, 0.25) is 0 Å². The molecule has 156 valence electrons. The van der Waals surface area contributed by atoms with E-state index in [-0.39, 0.29) is 6.03 Å². The summed E-state index contributed by atoms with van der Waals surface area (Å²) in [5, 5.41) is 9.65. The molecule has 29 heavy (non-hydrogen) atoms. The number of hydrogen-bond acceptors (Lipinski definition) is 2. The maximum atomic E-state index is 11.8. The van der Waals surface area contributed by atoms with Crippen LogP contribution in [0.3, 0.4) is 0 Å². The van der Waals surface area contributed by atoms with Gasteiger partial charge in [-0.3, -0.25) is 0 Å². The van der Waals surface area contributed by atoms with Crippen LogP contribution in [0.25, 0.3) is 10.8 Å². The summed E-state index contributed by atoms with van der Waals surface area (Å²) in [4.78, 5) is 13.4. The summed E-state index contributed by atoms with van der Waals surface area (Å²) in [7, 11) is 3.61. The lowest BCUT2D eigenvalue weighted by molar-refractivity contribution is 0.203. The van der Waals surface area contributed by atoms with Gasteiger partial charge < -0.3 is 15.5 Å². The molecule has 0 radical (unpaired) electrons. The van der Waals surface area contributed by atoms with Gasteiger partial charge in [0.15, 0.2) is 0 Å². The predicted molar refractivity (Wildman–Crippen MR) is 120 cm³/mol. The fourth-order valence-corrected chi connectivity index (χ4v) is 4.92. The van der Waals surface area contributed by atoms with Crippen LogP contribution in [0.15, 0.2) is 42.5 Å². The molecular weight excluding hydrogens is 358 g/mol. The van der Waals surface area contributed by atoms with Gasteiger partial charge in [-0.15, -0.1) is 0 Å². The number of amides is 2. The SMILES string of the molecule is CN(C)C(=O)NC1CCC(CCNC[C@@H]2C[C@H]2c2cccc3ccccc23)CC1. The summed E-state index contributed by atoms with van der Waals surface area (Å²) in [6.07, 6.45) is 7.30. The Hall–Kier alpha value is -2.07. The van der Waals surface area contributed by atoms with Crippen LogP contribution in [0, 0.1) is 11.8 Å². The number of nitrogens with zero attached hydrogens (tertiary/aromatic N) is 1. The smallest absolute Gasteiger partial charge is 0.317 e. The summed E-state index contributed by atoms with van der Waals surface area (Å²) in [5.41, 5.74) is 1.54. The van der Waals surface area contributed by atoms with Crippen molar-refractivity contribution in [3.05, 3.63) is 48.0 Å². The zero-order valence-corrected chi connectivity index (χ0v) is 17.9. The molecule has 2 aliphatic carbocycles. The van der Waals surface area contributed by atoms with Gasteiger partial charge in [-0.1, -0.05) is 42.5 Å². The van der Waals surface area contributed by atoms with Gasteiger partial charge >= 0.3 is 6.03 Å². The van der Waals surface area contributed by atoms with E-state index in [9.17, 15) is 4.79 Å². The quantitative estimate of drug-likeness (QED) is 0.667. The molecule has 4 nitrogen and oxygen atoms in total. The molecular formula is C25H35N3O. The van der Waals surface area contributed by atoms with E-state index in [1.165, 1.54) is 42.0 Å². The highest BCUT2D eigenvalue weighted by molar-refractivity contribution is 5.86. The van der Waals surface area contributed by atoms with Crippen LogP contribution in [0.5, 0.6) is 0 Å². The monoisotopic (exact) mass is 393 g/mol. The van der Waals surface area contributed by atoms with Gasteiger partial charge in [0.2, 0.25) is 0 Å². The number of rotatable bonds is 7. The second kappa shape index (κ2) is 9.17. The summed E-state index contributed by atoms with van der Waals surface area (Å²) >= 11 is 0. The van der Waals surface area contributed by atoms with E-state index in [0.29, 0.717) is 6.04 Å². The van der Waals surface area contributed by atoms with Crippen LogP contribution in [-0.2, 0) is 0 Å². The average Bonchev–Trinajstić information content (AvgIpc) is 3.51. The number of benzene rings is 2. The van der Waals surface area contributed by atoms with E-state index in [0.717, 1.165) is 43.7 Å². The molecule has 2 saturated carbocycles. The summed E-state index contributed by atoms with van der Waals surface area (Å²) in [5.74, 6) is 2.32. The molecule has 0 heterocycles. The molecule has 2 N–H and O–H groups in total. The van der Waals surface area contributed by atoms with Crippen molar-refractivity contribution in [3.8, 4) is 0 Å². The van der Waals surface area contributed by atoms with Crippen molar-refractivity contribution in [1.29, 1.82) is 0 Å². The van der Waals surface area contributed by atoms with E-state index in [1.54, 1.807) is 19.0 Å². The zero-order valence-electron chi connectivity index (χ0n) is 17.9. The minimum absolute atomic E-state index is 0.0419. The number of carbonyl (C=O) groups is 1. The van der Waals surface area contributed by atoms with Crippen LogP contribution in [0.1, 0.15) is 50.0 Å². The van der Waals surface area contributed by atoms with Gasteiger partial charge in [-0.25, -0.2) is 4.79 Å². The Kier molecular flexibility index (Phi) is 6.39. The molecule has 0 bridgehead atoms. The molecule has 2 atom stereocenters. The number of fused-ring (bicyclic) bond motifs is 1. The summed E-state index contributed by atoms with van der Waals surface area (Å²) in [6.45, 7) is 2.26. The first-order valence-electron chi connectivity index (χ1n) is 11.3. The highest BCUT2D eigenvalue weighted by Gasteiger charge is 2.38. The van der Waals surface area contributed by atoms with Crippen molar-refractivity contribution in [2.45, 2.75) is 50.5 Å². The lowest BCUT2D eigenvalue weighted by Gasteiger charge is -2.30. The van der Waals surface area contributed by atoms with E-state index in [1.807, 2.05) is 0 Å². The van der Waals surface area contributed by atoms with Crippen molar-refractivity contribution in [2.75, 3.05) is 27.2 Å². The third-order valence-electron chi connectivity index (χ3n) is 6.86. The first-order valence-corrected chi connectivity index (χ1v) is 11.3. The van der Waals surface area contributed by atoms with Gasteiger partial charge in [0, 0.05) is 20.1 Å². The Morgan fingerprint density at radius 2 is 1.79 bits per heavy atom. The molecule has 2 amide bonds. The Balaban J connectivity index is 1.14. The van der Waals surface area contributed by atoms with Crippen LogP contribution >= 0.6 is 0 Å². The molecule has 2 aliphatic rings. The third-order valence-corrected chi connectivity index (χ3v) is 6.86. The maximum absolute atomic E-state index is 11.8. The summed E-state index contributed by atoms with van der Waals surface area (Å²) < 4.78 is 0. The van der Waals surface area contributed by atoms with Gasteiger partial charge in [0.25, 0.3) is 0 Å². The first-order chi connectivity index (χ1) is 14.1. The van der Waals surface area contributed by atoms with Gasteiger partial charge in [-0.2, -0.15) is 0 Å². The molecule has 2 aromatic rings. The van der Waals surface area contributed by atoms with E-state index < -0.39 is 0 Å². The third kappa shape index (κ3) is 5.11. The van der Waals surface area contributed by atoms with Gasteiger partial charge in [-0.05, 0) is 85.7 Å². The minimum Gasteiger partial charge on any atom is -0.335 e. The lowest BCUT2D eigenvalue weighted by atomic mass is 9.84. The Morgan fingerprint density at radius 3 is 2.59 bits per heavy atom. The van der Waals surface area contributed by atoms with Gasteiger partial charge in [0.05, 0.1) is 0 Å². The van der Waals surface area contributed by atoms with Crippen molar-refractivity contribution in [3.63, 3.8) is 0 Å². The van der Waals surface area contributed by atoms with Crippen LogP contribution in [0.4, 0.5) is 4.79 Å². The first kappa shape index (κ1) is 20.2. The molecule has 0 saturated heterocycles. The van der Waals surface area contributed by atoms with E-state index in [2.05, 4.69) is 53.1 Å². The highest BCUT2D eigenvalue weighted by Crippen LogP contribution is 2.49. The number of urea groups is 1. The van der Waals surface area contributed by atoms with Crippen molar-refractivity contribution in [2.24, 2.45) is 11.8 Å². The fourth-order valence-electron chi connectivity index (χ4n) is 4.92. The second-order valence-corrected chi connectivity index (χ2v) is 9.23. The Labute approximate surface area is 175 Å². The van der Waals surface area contributed by atoms with Crippen LogP contribution in [-0.4, -0.2) is 44.2 Å². The minimum atomic E-state index is 0.0419. The highest BCUT2D eigenvalue weighted by atomic mass is 16.2. The van der Waals surface area contributed by atoms with E-state index in [4.69, 9.17) is 0 Å². The van der Waals surface area contributed by atoms with E-state index >= 15 is 0 Å². The average molecular weight is 394 g/mol. The lowest BCUT2D eigenvalue weighted by Crippen LogP contribution is -2.43. The molecule has 0 aromatic heterocycles. The van der Waals surface area contributed by atoms with Crippen LogP contribution < -0.4 is 10.6 Å². The molecule has 0 unspecified atom stereocenters. The van der Waals surface area contributed by atoms with Crippen molar-refractivity contribution in [1.82, 2.24) is 15.5 Å². The fraction of sp³-hybridized carbons (Fsp3) is 0.560. The topological polar surface area (TPSA) is 44.4 Å². The van der Waals surface area contributed by atoms with Gasteiger partial charge in [0.1, 0.15) is 0 Å². The van der Waals surface area contributed by atoms with Crippen molar-refractivity contribution >= 4 is 16.8 Å². The normalized spacial score (nSPS) is 26.3. The largest absolute Gasteiger partial charge is 0.335 e. The maximum Gasteiger partial charge on any atom is 0.317 e. The zero-order chi connectivity index (χ0) is 20.2. The van der Waals surface area contributed by atoms with Crippen molar-refractivity contribution < 1.29 is 4.79 Å². The summed E-state index contributed by atoms with van der Waals surface area (Å²) in [6, 6.07) is 15.9. The molecule has 2 fully saturated rings. The Bertz CT molecular complexity index is 820. The number of carbonyl (C=O) groups excluding carboxylic acids is 1. The number of nitrogens with one attached hydrogen (secondary N) is 2. The number of hydrogen-bond donors (Lipinski definition) is 2. The molecule has 0 spiro atoms. The molecule has 2 aromatic carbocycles. The molecule has 0 aliphatic heterocycles. The Morgan fingerprint density at radius 1 is 1.03 bits per heavy atom. The second-order valence-electron chi connectivity index (χ2n) is 9.23. The molecule has 4 heteroatoms. The molecule has 4 rings (SSSR count).